The summed E-state index contributed by atoms with van der Waals surface area (Å²) in [6.07, 6.45) is -5.78. The van der Waals surface area contributed by atoms with Gasteiger partial charge >= 0.3 is 12.1 Å². The molecule has 0 bridgehead atoms. The molecule has 0 aliphatic heterocycles. The van der Waals surface area contributed by atoms with Gasteiger partial charge in [-0.2, -0.15) is 13.2 Å². The normalized spacial score (nSPS) is 15.2. The molecule has 0 radical (unpaired) electrons. The molecule has 7 heteroatoms. The predicted molar refractivity (Wildman–Crippen MR) is 57.9 cm³/mol. The second kappa shape index (κ2) is 8.31. The van der Waals surface area contributed by atoms with Crippen LogP contribution in [0.4, 0.5) is 13.2 Å². The van der Waals surface area contributed by atoms with Crippen molar-refractivity contribution in [1.29, 1.82) is 0 Å². The Bertz CT molecular complexity index is 243. The summed E-state index contributed by atoms with van der Waals surface area (Å²) in [5.41, 5.74) is 0. The number of halogens is 3. The molecule has 0 heterocycles. The van der Waals surface area contributed by atoms with Crippen LogP contribution in [-0.2, 0) is 19.0 Å². The molecule has 0 amide bonds. The van der Waals surface area contributed by atoms with Crippen molar-refractivity contribution >= 4 is 5.97 Å². The van der Waals surface area contributed by atoms with Crippen LogP contribution in [0.2, 0.25) is 0 Å². The predicted octanol–water partition coefficient (Wildman–Crippen LogP) is 2.66. The van der Waals surface area contributed by atoms with E-state index in [1.54, 1.807) is 6.92 Å². The third kappa shape index (κ3) is 6.80. The number of hydrogen-bond acceptors (Lipinski definition) is 4. The van der Waals surface area contributed by atoms with Gasteiger partial charge in [-0.05, 0) is 13.3 Å². The minimum Gasteiger partial charge on any atom is -0.460 e. The van der Waals surface area contributed by atoms with E-state index in [-0.39, 0.29) is 0 Å². The Labute approximate surface area is 104 Å². The molecule has 0 aromatic carbocycles. The molecule has 0 aliphatic carbocycles. The largest absolute Gasteiger partial charge is 0.460 e. The van der Waals surface area contributed by atoms with Gasteiger partial charge in [-0.15, -0.1) is 0 Å². The molecular formula is C11H19F3O4. The van der Waals surface area contributed by atoms with E-state index in [1.807, 2.05) is 6.92 Å². The van der Waals surface area contributed by atoms with Gasteiger partial charge in [0, 0.05) is 7.11 Å². The van der Waals surface area contributed by atoms with Crippen LogP contribution < -0.4 is 0 Å². The van der Waals surface area contributed by atoms with Crippen molar-refractivity contribution in [2.24, 2.45) is 0 Å². The standard InChI is InChI=1S/C11H19F3O4/c1-4-5-6-8(2)18-10(15)9(11(12,13)14)17-7-16-3/h8-9H,4-7H2,1-3H3/t8?,9-/m0/s1. The van der Waals surface area contributed by atoms with E-state index in [2.05, 4.69) is 9.47 Å². The average molecular weight is 272 g/mol. The van der Waals surface area contributed by atoms with Crippen LogP contribution >= 0.6 is 0 Å². The number of alkyl halides is 3. The van der Waals surface area contributed by atoms with E-state index in [0.717, 1.165) is 12.8 Å². The molecule has 0 saturated carbocycles. The third-order valence-electron chi connectivity index (χ3n) is 2.15. The van der Waals surface area contributed by atoms with E-state index in [9.17, 15) is 18.0 Å². The fourth-order valence-electron chi connectivity index (χ4n) is 1.24. The lowest BCUT2D eigenvalue weighted by atomic mass is 10.2. The maximum absolute atomic E-state index is 12.5. The van der Waals surface area contributed by atoms with Crippen LogP contribution in [-0.4, -0.2) is 38.3 Å². The molecule has 0 aromatic heterocycles. The van der Waals surface area contributed by atoms with Gasteiger partial charge in [0.1, 0.15) is 6.79 Å². The van der Waals surface area contributed by atoms with E-state index in [1.165, 1.54) is 7.11 Å². The Hall–Kier alpha value is -0.820. The lowest BCUT2D eigenvalue weighted by Crippen LogP contribution is -2.41. The van der Waals surface area contributed by atoms with Crippen LogP contribution in [0.3, 0.4) is 0 Å². The molecule has 0 fully saturated rings. The monoisotopic (exact) mass is 272 g/mol. The molecule has 2 atom stereocenters. The maximum atomic E-state index is 12.5. The van der Waals surface area contributed by atoms with Gasteiger partial charge in [-0.1, -0.05) is 19.8 Å². The van der Waals surface area contributed by atoms with Crippen molar-refractivity contribution in [2.45, 2.75) is 51.5 Å². The smallest absolute Gasteiger partial charge is 0.425 e. The van der Waals surface area contributed by atoms with Crippen LogP contribution in [0.15, 0.2) is 0 Å². The molecule has 0 spiro atoms. The molecule has 18 heavy (non-hydrogen) atoms. The van der Waals surface area contributed by atoms with Crippen LogP contribution in [0.5, 0.6) is 0 Å². The summed E-state index contributed by atoms with van der Waals surface area (Å²) in [7, 11) is 1.17. The Morgan fingerprint density at radius 1 is 1.33 bits per heavy atom. The second-order valence-corrected chi connectivity index (χ2v) is 3.88. The number of rotatable bonds is 8. The Morgan fingerprint density at radius 3 is 2.39 bits per heavy atom. The van der Waals surface area contributed by atoms with Crippen molar-refractivity contribution < 1.29 is 32.2 Å². The summed E-state index contributed by atoms with van der Waals surface area (Å²) >= 11 is 0. The highest BCUT2D eigenvalue weighted by Gasteiger charge is 2.47. The molecule has 1 unspecified atom stereocenters. The van der Waals surface area contributed by atoms with E-state index in [4.69, 9.17) is 4.74 Å². The van der Waals surface area contributed by atoms with Gasteiger partial charge in [0.15, 0.2) is 0 Å². The molecule has 0 rings (SSSR count). The summed E-state index contributed by atoms with van der Waals surface area (Å²) in [5.74, 6) is -1.43. The quantitative estimate of drug-likeness (QED) is 0.503. The highest BCUT2D eigenvalue weighted by atomic mass is 19.4. The fourth-order valence-corrected chi connectivity index (χ4v) is 1.24. The first-order chi connectivity index (χ1) is 8.32. The van der Waals surface area contributed by atoms with Gasteiger partial charge < -0.3 is 14.2 Å². The highest BCUT2D eigenvalue weighted by Crippen LogP contribution is 2.24. The van der Waals surface area contributed by atoms with E-state index in [0.29, 0.717) is 6.42 Å². The van der Waals surface area contributed by atoms with E-state index < -0.39 is 31.1 Å². The first-order valence-corrected chi connectivity index (χ1v) is 5.70. The first kappa shape index (κ1) is 17.2. The van der Waals surface area contributed by atoms with Crippen molar-refractivity contribution in [2.75, 3.05) is 13.9 Å². The number of carbonyl (C=O) groups excluding carboxylic acids is 1. The number of carbonyl (C=O) groups is 1. The molecule has 4 nitrogen and oxygen atoms in total. The summed E-state index contributed by atoms with van der Waals surface area (Å²) < 4.78 is 50.9. The van der Waals surface area contributed by atoms with Crippen molar-refractivity contribution in [3.05, 3.63) is 0 Å². The van der Waals surface area contributed by atoms with Gasteiger partial charge in [-0.25, -0.2) is 4.79 Å². The topological polar surface area (TPSA) is 44.8 Å². The second-order valence-electron chi connectivity index (χ2n) is 3.88. The molecular weight excluding hydrogens is 253 g/mol. The number of esters is 1. The number of ether oxygens (including phenoxy) is 3. The number of hydrogen-bond donors (Lipinski definition) is 0. The summed E-state index contributed by atoms with van der Waals surface area (Å²) in [5, 5.41) is 0. The van der Waals surface area contributed by atoms with Gasteiger partial charge in [0.2, 0.25) is 0 Å². The minimum atomic E-state index is -4.81. The zero-order valence-corrected chi connectivity index (χ0v) is 10.8. The Kier molecular flexibility index (Phi) is 7.93. The van der Waals surface area contributed by atoms with Crippen LogP contribution in [0.1, 0.15) is 33.1 Å². The van der Waals surface area contributed by atoms with Gasteiger partial charge in [0.25, 0.3) is 6.10 Å². The van der Waals surface area contributed by atoms with Crippen molar-refractivity contribution in [3.8, 4) is 0 Å². The minimum absolute atomic E-state index is 0.525. The summed E-state index contributed by atoms with van der Waals surface area (Å²) in [6.45, 7) is 2.87. The number of methoxy groups -OCH3 is 1. The first-order valence-electron chi connectivity index (χ1n) is 5.70. The molecule has 0 aliphatic rings. The highest BCUT2D eigenvalue weighted by molar-refractivity contribution is 5.75. The fraction of sp³-hybridized carbons (Fsp3) is 0.909. The Balaban J connectivity index is 4.37. The summed E-state index contributed by atoms with van der Waals surface area (Å²) in [4.78, 5) is 11.3. The van der Waals surface area contributed by atoms with Gasteiger partial charge in [0.05, 0.1) is 6.10 Å². The van der Waals surface area contributed by atoms with Crippen molar-refractivity contribution in [1.82, 2.24) is 0 Å². The number of unbranched alkanes of at least 4 members (excludes halogenated alkanes) is 1. The van der Waals surface area contributed by atoms with Crippen LogP contribution in [0, 0.1) is 0 Å². The van der Waals surface area contributed by atoms with E-state index >= 15 is 0 Å². The molecule has 108 valence electrons. The molecule has 0 N–H and O–H groups in total. The molecule has 0 aromatic rings. The van der Waals surface area contributed by atoms with Gasteiger partial charge in [-0.3, -0.25) is 0 Å². The third-order valence-corrected chi connectivity index (χ3v) is 2.15. The summed E-state index contributed by atoms with van der Waals surface area (Å²) in [6, 6.07) is 0. The lowest BCUT2D eigenvalue weighted by molar-refractivity contribution is -0.247. The maximum Gasteiger partial charge on any atom is 0.425 e. The zero-order valence-electron chi connectivity index (χ0n) is 10.8. The average Bonchev–Trinajstić information content (AvgIpc) is 2.25. The SMILES string of the molecule is CCCCC(C)OC(=O)[C@H](OCOC)C(F)(F)F. The van der Waals surface area contributed by atoms with Crippen LogP contribution in [0.25, 0.3) is 0 Å². The lowest BCUT2D eigenvalue weighted by Gasteiger charge is -2.21. The Morgan fingerprint density at radius 2 is 1.94 bits per heavy atom. The zero-order chi connectivity index (χ0) is 14.2. The van der Waals surface area contributed by atoms with Crippen molar-refractivity contribution in [3.63, 3.8) is 0 Å². The molecule has 0 saturated heterocycles.